The summed E-state index contributed by atoms with van der Waals surface area (Å²) in [5.41, 5.74) is 2.67. The number of piperidine rings is 1. The second-order valence-corrected chi connectivity index (χ2v) is 7.65. The minimum Gasteiger partial charge on any atom is -0.393 e. The minimum atomic E-state index is -0.104. The molecule has 1 aliphatic carbocycles. The smallest absolute Gasteiger partial charge is 0.0574 e. The summed E-state index contributed by atoms with van der Waals surface area (Å²) < 4.78 is 0. The van der Waals surface area contributed by atoms with Gasteiger partial charge in [-0.1, -0.05) is 19.1 Å². The van der Waals surface area contributed by atoms with Crippen LogP contribution in [0.25, 0.3) is 0 Å². The first-order chi connectivity index (χ1) is 11.1. The van der Waals surface area contributed by atoms with Crippen LogP contribution in [0.3, 0.4) is 0 Å². The Labute approximate surface area is 141 Å². The molecular weight excluding hydrogens is 284 g/mol. The molecule has 3 rings (SSSR count). The molecule has 1 heterocycles. The molecule has 0 aromatic heterocycles. The number of hydrogen-bond acceptors (Lipinski definition) is 3. The standard InChI is InChI=1S/C20H32N2O/c1-15-3-7-18(8-4-15)21-16(2)17-5-9-19(10-6-17)22-13-11-20(23)12-14-22/h5-6,9-10,15-16,18,20-21,23H,3-4,7-8,11-14H2,1-2H3. The normalized spacial score (nSPS) is 27.9. The third kappa shape index (κ3) is 4.48. The maximum atomic E-state index is 9.63. The highest BCUT2D eigenvalue weighted by atomic mass is 16.3. The first kappa shape index (κ1) is 16.8. The molecule has 3 heteroatoms. The number of rotatable bonds is 4. The maximum absolute atomic E-state index is 9.63. The van der Waals surface area contributed by atoms with E-state index in [1.807, 2.05) is 0 Å². The minimum absolute atomic E-state index is 0.104. The van der Waals surface area contributed by atoms with E-state index in [0.717, 1.165) is 31.8 Å². The van der Waals surface area contributed by atoms with Crippen molar-refractivity contribution in [3.63, 3.8) is 0 Å². The van der Waals surface area contributed by atoms with Gasteiger partial charge in [-0.05, 0) is 69.1 Å². The molecule has 2 aliphatic rings. The fourth-order valence-electron chi connectivity index (χ4n) is 3.97. The monoisotopic (exact) mass is 316 g/mol. The van der Waals surface area contributed by atoms with Crippen LogP contribution in [0.5, 0.6) is 0 Å². The number of anilines is 1. The van der Waals surface area contributed by atoms with Crippen molar-refractivity contribution in [3.8, 4) is 0 Å². The number of nitrogens with one attached hydrogen (secondary N) is 1. The lowest BCUT2D eigenvalue weighted by molar-refractivity contribution is 0.145. The summed E-state index contributed by atoms with van der Waals surface area (Å²) in [7, 11) is 0. The lowest BCUT2D eigenvalue weighted by Gasteiger charge is -2.32. The molecule has 1 aromatic carbocycles. The van der Waals surface area contributed by atoms with E-state index in [2.05, 4.69) is 48.3 Å². The van der Waals surface area contributed by atoms with Gasteiger partial charge in [-0.25, -0.2) is 0 Å². The molecule has 1 aromatic rings. The highest BCUT2D eigenvalue weighted by molar-refractivity contribution is 5.48. The van der Waals surface area contributed by atoms with E-state index in [1.54, 1.807) is 0 Å². The van der Waals surface area contributed by atoms with Crippen molar-refractivity contribution in [2.24, 2.45) is 5.92 Å². The average molecular weight is 316 g/mol. The first-order valence-corrected chi connectivity index (χ1v) is 9.41. The quantitative estimate of drug-likeness (QED) is 0.885. The summed E-state index contributed by atoms with van der Waals surface area (Å²) in [6.07, 6.45) is 7.04. The Kier molecular flexibility index (Phi) is 5.60. The largest absolute Gasteiger partial charge is 0.393 e. The second-order valence-electron chi connectivity index (χ2n) is 7.65. The summed E-state index contributed by atoms with van der Waals surface area (Å²) >= 11 is 0. The van der Waals surface area contributed by atoms with Crippen LogP contribution in [0.1, 0.15) is 64.0 Å². The van der Waals surface area contributed by atoms with Gasteiger partial charge in [0.2, 0.25) is 0 Å². The van der Waals surface area contributed by atoms with Crippen molar-refractivity contribution in [1.29, 1.82) is 0 Å². The molecule has 23 heavy (non-hydrogen) atoms. The van der Waals surface area contributed by atoms with Crippen molar-refractivity contribution in [2.75, 3.05) is 18.0 Å². The number of nitrogens with zero attached hydrogens (tertiary/aromatic N) is 1. The number of hydrogen-bond donors (Lipinski definition) is 2. The predicted molar refractivity (Wildman–Crippen MR) is 96.9 cm³/mol. The van der Waals surface area contributed by atoms with Gasteiger partial charge in [-0.2, -0.15) is 0 Å². The molecule has 128 valence electrons. The average Bonchev–Trinajstić information content (AvgIpc) is 2.58. The molecule has 1 aliphatic heterocycles. The zero-order chi connectivity index (χ0) is 16.2. The predicted octanol–water partition coefficient (Wildman–Crippen LogP) is 3.88. The molecule has 0 bridgehead atoms. The molecule has 1 unspecified atom stereocenters. The van der Waals surface area contributed by atoms with Gasteiger partial charge in [-0.15, -0.1) is 0 Å². The van der Waals surface area contributed by atoms with E-state index >= 15 is 0 Å². The summed E-state index contributed by atoms with van der Waals surface area (Å²) in [5, 5.41) is 13.4. The van der Waals surface area contributed by atoms with Crippen LogP contribution in [0, 0.1) is 5.92 Å². The van der Waals surface area contributed by atoms with E-state index < -0.39 is 0 Å². The fourth-order valence-corrected chi connectivity index (χ4v) is 3.97. The second kappa shape index (κ2) is 7.67. The lowest BCUT2D eigenvalue weighted by atomic mass is 9.87. The lowest BCUT2D eigenvalue weighted by Crippen LogP contribution is -2.36. The summed E-state index contributed by atoms with van der Waals surface area (Å²) in [6, 6.07) is 10.1. The van der Waals surface area contributed by atoms with Crippen LogP contribution < -0.4 is 10.2 Å². The van der Waals surface area contributed by atoms with Crippen molar-refractivity contribution in [3.05, 3.63) is 29.8 Å². The van der Waals surface area contributed by atoms with Gasteiger partial charge in [-0.3, -0.25) is 0 Å². The Hall–Kier alpha value is -1.06. The molecule has 2 N–H and O–H groups in total. The summed E-state index contributed by atoms with van der Waals surface area (Å²) in [5.74, 6) is 0.908. The molecular formula is C20H32N2O. The third-order valence-electron chi connectivity index (χ3n) is 5.72. The highest BCUT2D eigenvalue weighted by Crippen LogP contribution is 2.27. The van der Waals surface area contributed by atoms with Crippen LogP contribution in [0.15, 0.2) is 24.3 Å². The first-order valence-electron chi connectivity index (χ1n) is 9.41. The van der Waals surface area contributed by atoms with Crippen molar-refractivity contribution >= 4 is 5.69 Å². The molecule has 1 atom stereocenters. The Morgan fingerprint density at radius 2 is 1.61 bits per heavy atom. The van der Waals surface area contributed by atoms with E-state index in [-0.39, 0.29) is 6.10 Å². The van der Waals surface area contributed by atoms with E-state index in [1.165, 1.54) is 36.9 Å². The van der Waals surface area contributed by atoms with Crippen molar-refractivity contribution in [2.45, 2.75) is 70.6 Å². The Bertz CT molecular complexity index is 471. The van der Waals surface area contributed by atoms with E-state index in [4.69, 9.17) is 0 Å². The van der Waals surface area contributed by atoms with Crippen molar-refractivity contribution in [1.82, 2.24) is 5.32 Å². The van der Waals surface area contributed by atoms with Gasteiger partial charge >= 0.3 is 0 Å². The molecule has 1 saturated carbocycles. The number of aliphatic hydroxyl groups is 1. The Morgan fingerprint density at radius 3 is 2.22 bits per heavy atom. The van der Waals surface area contributed by atoms with Crippen molar-refractivity contribution < 1.29 is 5.11 Å². The summed E-state index contributed by atoms with van der Waals surface area (Å²) in [6.45, 7) is 6.59. The molecule has 0 amide bonds. The van der Waals surface area contributed by atoms with Crippen LogP contribution in [-0.2, 0) is 0 Å². The number of benzene rings is 1. The van der Waals surface area contributed by atoms with Gasteiger partial charge in [0.05, 0.1) is 6.10 Å². The topological polar surface area (TPSA) is 35.5 Å². The van der Waals surface area contributed by atoms with Gasteiger partial charge in [0.25, 0.3) is 0 Å². The van der Waals surface area contributed by atoms with Gasteiger partial charge in [0.1, 0.15) is 0 Å². The summed E-state index contributed by atoms with van der Waals surface area (Å²) in [4.78, 5) is 2.39. The van der Waals surface area contributed by atoms with E-state index in [9.17, 15) is 5.11 Å². The Balaban J connectivity index is 1.54. The molecule has 1 saturated heterocycles. The zero-order valence-corrected chi connectivity index (χ0v) is 14.7. The van der Waals surface area contributed by atoms with Gasteiger partial charge < -0.3 is 15.3 Å². The van der Waals surface area contributed by atoms with E-state index in [0.29, 0.717) is 12.1 Å². The third-order valence-corrected chi connectivity index (χ3v) is 5.72. The fraction of sp³-hybridized carbons (Fsp3) is 0.700. The zero-order valence-electron chi connectivity index (χ0n) is 14.7. The SMILES string of the molecule is CC1CCC(NC(C)c2ccc(N3CCC(O)CC3)cc2)CC1. The van der Waals surface area contributed by atoms with Crippen LogP contribution in [0.2, 0.25) is 0 Å². The van der Waals surface area contributed by atoms with Crippen LogP contribution in [-0.4, -0.2) is 30.3 Å². The van der Waals surface area contributed by atoms with Crippen LogP contribution >= 0.6 is 0 Å². The maximum Gasteiger partial charge on any atom is 0.0574 e. The van der Waals surface area contributed by atoms with Crippen LogP contribution in [0.4, 0.5) is 5.69 Å². The molecule has 2 fully saturated rings. The number of aliphatic hydroxyl groups excluding tert-OH is 1. The molecule has 3 nitrogen and oxygen atoms in total. The van der Waals surface area contributed by atoms with Gasteiger partial charge in [0.15, 0.2) is 0 Å². The van der Waals surface area contributed by atoms with Gasteiger partial charge in [0, 0.05) is 30.9 Å². The molecule has 0 spiro atoms. The molecule has 0 radical (unpaired) electrons. The Morgan fingerprint density at radius 1 is 1.00 bits per heavy atom. The highest BCUT2D eigenvalue weighted by Gasteiger charge is 2.20.